The van der Waals surface area contributed by atoms with Crippen LogP contribution in [0, 0.1) is 5.41 Å². The molecule has 142 valence electrons. The molecule has 2 aromatic rings. The van der Waals surface area contributed by atoms with Gasteiger partial charge in [-0.1, -0.05) is 51.1 Å². The molecule has 0 amide bonds. The maximum Gasteiger partial charge on any atom is 0.250 e. The Labute approximate surface area is 154 Å². The van der Waals surface area contributed by atoms with Gasteiger partial charge in [-0.05, 0) is 18.5 Å². The van der Waals surface area contributed by atoms with E-state index in [0.717, 1.165) is 5.56 Å². The summed E-state index contributed by atoms with van der Waals surface area (Å²) in [7, 11) is -3.88. The first kappa shape index (κ1) is 20.3. The van der Waals surface area contributed by atoms with E-state index in [1.807, 2.05) is 30.3 Å². The SMILES string of the molecule is CC(C)(C)C(=O)CS(=O)(=O)c1nnc(CCN)n1CCc1ccccc1. The maximum absolute atomic E-state index is 12.8. The highest BCUT2D eigenvalue weighted by molar-refractivity contribution is 7.92. The average molecular weight is 378 g/mol. The van der Waals surface area contributed by atoms with Crippen molar-refractivity contribution in [1.29, 1.82) is 0 Å². The lowest BCUT2D eigenvalue weighted by Crippen LogP contribution is -2.29. The molecular formula is C18H26N4O3S. The number of nitrogens with two attached hydrogens (primary N) is 1. The number of Topliss-reactive ketones (excluding diaryl/α,β-unsaturated/α-hetero) is 1. The molecule has 7 nitrogen and oxygen atoms in total. The van der Waals surface area contributed by atoms with Gasteiger partial charge in [0, 0.05) is 18.4 Å². The van der Waals surface area contributed by atoms with Crippen molar-refractivity contribution >= 4 is 15.6 Å². The fraction of sp³-hybridized carbons (Fsp3) is 0.500. The molecular weight excluding hydrogens is 352 g/mol. The molecule has 0 saturated carbocycles. The average Bonchev–Trinajstić information content (AvgIpc) is 2.97. The molecule has 1 heterocycles. The van der Waals surface area contributed by atoms with Crippen molar-refractivity contribution in [1.82, 2.24) is 14.8 Å². The van der Waals surface area contributed by atoms with Crippen molar-refractivity contribution in [3.63, 3.8) is 0 Å². The Hall–Kier alpha value is -2.06. The number of aromatic nitrogens is 3. The third kappa shape index (κ3) is 4.98. The number of carbonyl (C=O) groups is 1. The smallest absolute Gasteiger partial charge is 0.250 e. The largest absolute Gasteiger partial charge is 0.330 e. The first-order chi connectivity index (χ1) is 12.1. The van der Waals surface area contributed by atoms with Crippen LogP contribution in [0.1, 0.15) is 32.2 Å². The zero-order valence-corrected chi connectivity index (χ0v) is 16.3. The molecule has 0 atom stereocenters. The van der Waals surface area contributed by atoms with Crippen LogP contribution in [0.15, 0.2) is 35.5 Å². The lowest BCUT2D eigenvalue weighted by molar-refractivity contribution is -0.123. The molecule has 8 heteroatoms. The minimum absolute atomic E-state index is 0.158. The van der Waals surface area contributed by atoms with Gasteiger partial charge >= 0.3 is 0 Å². The summed E-state index contributed by atoms with van der Waals surface area (Å²) >= 11 is 0. The Morgan fingerprint density at radius 2 is 1.77 bits per heavy atom. The van der Waals surface area contributed by atoms with E-state index >= 15 is 0 Å². The lowest BCUT2D eigenvalue weighted by Gasteiger charge is -2.16. The Morgan fingerprint density at radius 1 is 1.12 bits per heavy atom. The number of ketones is 1. The van der Waals surface area contributed by atoms with E-state index in [0.29, 0.717) is 31.8 Å². The number of rotatable bonds is 8. The highest BCUT2D eigenvalue weighted by Gasteiger charge is 2.32. The predicted octanol–water partition coefficient (Wildman–Crippen LogP) is 1.41. The van der Waals surface area contributed by atoms with Gasteiger partial charge in [0.1, 0.15) is 11.6 Å². The summed E-state index contributed by atoms with van der Waals surface area (Å²) < 4.78 is 27.1. The Morgan fingerprint density at radius 3 is 2.35 bits per heavy atom. The van der Waals surface area contributed by atoms with Crippen molar-refractivity contribution < 1.29 is 13.2 Å². The fourth-order valence-corrected chi connectivity index (χ4v) is 4.03. The first-order valence-electron chi connectivity index (χ1n) is 8.57. The van der Waals surface area contributed by atoms with Crippen LogP contribution in [0.4, 0.5) is 0 Å². The van der Waals surface area contributed by atoms with Gasteiger partial charge in [-0.2, -0.15) is 0 Å². The van der Waals surface area contributed by atoms with Crippen molar-refractivity contribution in [3.05, 3.63) is 41.7 Å². The molecule has 2 rings (SSSR count). The first-order valence-corrected chi connectivity index (χ1v) is 10.2. The van der Waals surface area contributed by atoms with Crippen LogP contribution in [0.2, 0.25) is 0 Å². The van der Waals surface area contributed by atoms with Crippen molar-refractivity contribution in [2.45, 2.75) is 45.3 Å². The molecule has 0 spiro atoms. The topological polar surface area (TPSA) is 108 Å². The second-order valence-electron chi connectivity index (χ2n) is 7.26. The summed E-state index contributed by atoms with van der Waals surface area (Å²) in [5.41, 5.74) is 5.95. The maximum atomic E-state index is 12.8. The zero-order chi connectivity index (χ0) is 19.4. The van der Waals surface area contributed by atoms with Crippen LogP contribution < -0.4 is 5.73 Å². The number of aryl methyl sites for hydroxylation is 1. The van der Waals surface area contributed by atoms with Gasteiger partial charge in [0.05, 0.1) is 0 Å². The summed E-state index contributed by atoms with van der Waals surface area (Å²) in [6.07, 6.45) is 1.05. The van der Waals surface area contributed by atoms with Crippen LogP contribution >= 0.6 is 0 Å². The molecule has 0 radical (unpaired) electrons. The number of carbonyl (C=O) groups excluding carboxylic acids is 1. The Balaban J connectivity index is 2.31. The van der Waals surface area contributed by atoms with E-state index < -0.39 is 21.0 Å². The molecule has 1 aromatic carbocycles. The van der Waals surface area contributed by atoms with Gasteiger partial charge in [0.2, 0.25) is 15.0 Å². The van der Waals surface area contributed by atoms with Crippen LogP contribution in [-0.2, 0) is 34.0 Å². The van der Waals surface area contributed by atoms with Crippen LogP contribution in [0.25, 0.3) is 0 Å². The van der Waals surface area contributed by atoms with E-state index in [1.165, 1.54) is 0 Å². The summed E-state index contributed by atoms with van der Waals surface area (Å²) in [6.45, 7) is 5.84. The molecule has 26 heavy (non-hydrogen) atoms. The molecule has 2 N–H and O–H groups in total. The highest BCUT2D eigenvalue weighted by Crippen LogP contribution is 2.19. The standard InChI is InChI=1S/C18H26N4O3S/c1-18(2,3)15(23)13-26(24,25)17-21-20-16(9-11-19)22(17)12-10-14-7-5-4-6-8-14/h4-8H,9-13,19H2,1-3H3. The molecule has 0 fully saturated rings. The third-order valence-corrected chi connectivity index (χ3v) is 5.56. The number of benzene rings is 1. The monoisotopic (exact) mass is 378 g/mol. The van der Waals surface area contributed by atoms with Crippen molar-refractivity contribution in [3.8, 4) is 0 Å². The van der Waals surface area contributed by atoms with Gasteiger partial charge in [-0.15, -0.1) is 10.2 Å². The normalized spacial score (nSPS) is 12.3. The van der Waals surface area contributed by atoms with Gasteiger partial charge in [-0.3, -0.25) is 4.79 Å². The van der Waals surface area contributed by atoms with Crippen LogP contribution in [0.5, 0.6) is 0 Å². The molecule has 0 aliphatic rings. The summed E-state index contributed by atoms with van der Waals surface area (Å²) in [6, 6.07) is 9.74. The van der Waals surface area contributed by atoms with Gasteiger partial charge in [0.25, 0.3) is 0 Å². The second kappa shape index (κ2) is 8.09. The molecule has 1 aromatic heterocycles. The predicted molar refractivity (Wildman–Crippen MR) is 99.4 cm³/mol. The quantitative estimate of drug-likeness (QED) is 0.744. The Bertz CT molecular complexity index is 852. The number of hydrogen-bond donors (Lipinski definition) is 1. The highest BCUT2D eigenvalue weighted by atomic mass is 32.2. The van der Waals surface area contributed by atoms with Gasteiger partial charge in [0.15, 0.2) is 5.78 Å². The van der Waals surface area contributed by atoms with Crippen LogP contribution in [-0.4, -0.2) is 41.3 Å². The van der Waals surface area contributed by atoms with E-state index in [1.54, 1.807) is 25.3 Å². The van der Waals surface area contributed by atoms with E-state index in [2.05, 4.69) is 10.2 Å². The van der Waals surface area contributed by atoms with Gasteiger partial charge in [-0.25, -0.2) is 8.42 Å². The summed E-state index contributed by atoms with van der Waals surface area (Å²) in [4.78, 5) is 12.2. The molecule has 0 bridgehead atoms. The summed E-state index contributed by atoms with van der Waals surface area (Å²) in [5, 5.41) is 7.71. The second-order valence-corrected chi connectivity index (χ2v) is 9.14. The lowest BCUT2D eigenvalue weighted by atomic mass is 9.92. The van der Waals surface area contributed by atoms with E-state index in [9.17, 15) is 13.2 Å². The third-order valence-electron chi connectivity index (χ3n) is 4.06. The molecule has 0 unspecified atom stereocenters. The molecule has 0 aliphatic carbocycles. The van der Waals surface area contributed by atoms with Crippen LogP contribution in [0.3, 0.4) is 0 Å². The zero-order valence-electron chi connectivity index (χ0n) is 15.5. The minimum Gasteiger partial charge on any atom is -0.330 e. The molecule has 0 saturated heterocycles. The van der Waals surface area contributed by atoms with Crippen molar-refractivity contribution in [2.75, 3.05) is 12.3 Å². The number of nitrogens with zero attached hydrogens (tertiary/aromatic N) is 3. The summed E-state index contributed by atoms with van der Waals surface area (Å²) in [5.74, 6) is -0.413. The Kier molecular flexibility index (Phi) is 6.30. The van der Waals surface area contributed by atoms with E-state index in [4.69, 9.17) is 5.73 Å². The number of sulfone groups is 1. The van der Waals surface area contributed by atoms with Crippen molar-refractivity contribution in [2.24, 2.45) is 11.1 Å². The van der Waals surface area contributed by atoms with Gasteiger partial charge < -0.3 is 10.3 Å². The van der Waals surface area contributed by atoms with E-state index in [-0.39, 0.29) is 10.9 Å². The minimum atomic E-state index is -3.88. The number of hydrogen-bond acceptors (Lipinski definition) is 6. The molecule has 0 aliphatic heterocycles. The fourth-order valence-electron chi connectivity index (χ4n) is 2.43.